The van der Waals surface area contributed by atoms with E-state index < -0.39 is 0 Å². The fraction of sp³-hybridized carbons (Fsp3) is 0.167. The number of anilines is 2. The topological polar surface area (TPSA) is 67.4 Å². The first-order chi connectivity index (χ1) is 14.1. The van der Waals surface area contributed by atoms with Crippen LogP contribution in [0.5, 0.6) is 5.75 Å². The maximum absolute atomic E-state index is 12.1. The van der Waals surface area contributed by atoms with Gasteiger partial charge in [0, 0.05) is 17.8 Å². The summed E-state index contributed by atoms with van der Waals surface area (Å²) < 4.78 is 5.49. The van der Waals surface area contributed by atoms with E-state index >= 15 is 0 Å². The first-order valence-electron chi connectivity index (χ1n) is 9.52. The molecule has 3 rings (SSSR count). The highest BCUT2D eigenvalue weighted by molar-refractivity contribution is 5.93. The van der Waals surface area contributed by atoms with Crippen LogP contribution in [0.3, 0.4) is 0 Å². The molecule has 0 aliphatic rings. The first kappa shape index (κ1) is 20.1. The van der Waals surface area contributed by atoms with E-state index in [0.717, 1.165) is 11.1 Å². The molecule has 0 fully saturated rings. The van der Waals surface area contributed by atoms with Gasteiger partial charge in [0.1, 0.15) is 5.75 Å². The number of amides is 2. The molecule has 5 heteroatoms. The van der Waals surface area contributed by atoms with E-state index in [2.05, 4.69) is 10.6 Å². The van der Waals surface area contributed by atoms with Crippen LogP contribution in [-0.4, -0.2) is 18.4 Å². The lowest BCUT2D eigenvalue weighted by Gasteiger charge is -2.09. The second-order valence-corrected chi connectivity index (χ2v) is 6.76. The van der Waals surface area contributed by atoms with Crippen LogP contribution in [0, 0.1) is 6.92 Å². The van der Waals surface area contributed by atoms with Gasteiger partial charge in [0.05, 0.1) is 0 Å². The summed E-state index contributed by atoms with van der Waals surface area (Å²) >= 11 is 0. The van der Waals surface area contributed by atoms with Gasteiger partial charge in [0.2, 0.25) is 5.91 Å². The Hall–Kier alpha value is -3.60. The SMILES string of the molecule is Cc1cccc(OCC(=O)Nc2ccc(NC(=O)CCc3ccccc3)cc2)c1. The fourth-order valence-corrected chi connectivity index (χ4v) is 2.81. The summed E-state index contributed by atoms with van der Waals surface area (Å²) in [5, 5.41) is 5.65. The minimum Gasteiger partial charge on any atom is -0.484 e. The molecule has 0 spiro atoms. The first-order valence-corrected chi connectivity index (χ1v) is 9.52. The minimum absolute atomic E-state index is 0.0443. The molecule has 5 nitrogen and oxygen atoms in total. The van der Waals surface area contributed by atoms with Gasteiger partial charge >= 0.3 is 0 Å². The molecule has 0 saturated heterocycles. The summed E-state index contributed by atoms with van der Waals surface area (Å²) in [4.78, 5) is 24.1. The van der Waals surface area contributed by atoms with E-state index in [9.17, 15) is 9.59 Å². The average Bonchev–Trinajstić information content (AvgIpc) is 2.73. The van der Waals surface area contributed by atoms with E-state index in [1.807, 2.05) is 61.5 Å². The van der Waals surface area contributed by atoms with Crippen LogP contribution >= 0.6 is 0 Å². The highest BCUT2D eigenvalue weighted by Gasteiger charge is 2.06. The van der Waals surface area contributed by atoms with Gasteiger partial charge in [0.15, 0.2) is 6.61 Å². The van der Waals surface area contributed by atoms with Crippen molar-refractivity contribution < 1.29 is 14.3 Å². The maximum atomic E-state index is 12.1. The summed E-state index contributed by atoms with van der Waals surface area (Å²) in [7, 11) is 0. The summed E-state index contributed by atoms with van der Waals surface area (Å²) in [5.74, 6) is 0.372. The number of rotatable bonds is 8. The maximum Gasteiger partial charge on any atom is 0.262 e. The lowest BCUT2D eigenvalue weighted by molar-refractivity contribution is -0.118. The number of aryl methyl sites for hydroxylation is 2. The van der Waals surface area contributed by atoms with E-state index in [1.54, 1.807) is 24.3 Å². The largest absolute Gasteiger partial charge is 0.484 e. The molecule has 29 heavy (non-hydrogen) atoms. The van der Waals surface area contributed by atoms with Crippen LogP contribution in [0.15, 0.2) is 78.9 Å². The zero-order valence-corrected chi connectivity index (χ0v) is 16.4. The van der Waals surface area contributed by atoms with Crippen LogP contribution in [0.2, 0.25) is 0 Å². The molecule has 148 valence electrons. The third kappa shape index (κ3) is 6.81. The van der Waals surface area contributed by atoms with Crippen LogP contribution in [0.25, 0.3) is 0 Å². The number of benzene rings is 3. The van der Waals surface area contributed by atoms with Crippen LogP contribution in [0.1, 0.15) is 17.5 Å². The highest BCUT2D eigenvalue weighted by atomic mass is 16.5. The molecule has 3 aromatic rings. The van der Waals surface area contributed by atoms with Crippen molar-refractivity contribution in [2.24, 2.45) is 0 Å². The van der Waals surface area contributed by atoms with Gasteiger partial charge in [-0.05, 0) is 60.9 Å². The fourth-order valence-electron chi connectivity index (χ4n) is 2.81. The Bertz CT molecular complexity index is 953. The van der Waals surface area contributed by atoms with Crippen molar-refractivity contribution >= 4 is 23.2 Å². The molecule has 0 saturated carbocycles. The van der Waals surface area contributed by atoms with Gasteiger partial charge in [-0.25, -0.2) is 0 Å². The van der Waals surface area contributed by atoms with Crippen LogP contribution in [-0.2, 0) is 16.0 Å². The van der Waals surface area contributed by atoms with Gasteiger partial charge in [0.25, 0.3) is 5.91 Å². The molecule has 0 atom stereocenters. The third-order valence-corrected chi connectivity index (χ3v) is 4.30. The molecule has 3 aromatic carbocycles. The number of carbonyl (C=O) groups is 2. The van der Waals surface area contributed by atoms with Crippen molar-refractivity contribution in [3.05, 3.63) is 90.0 Å². The highest BCUT2D eigenvalue weighted by Crippen LogP contribution is 2.15. The molecule has 0 radical (unpaired) electrons. The number of hydrogen-bond acceptors (Lipinski definition) is 3. The Balaban J connectivity index is 1.43. The minimum atomic E-state index is -0.244. The van der Waals surface area contributed by atoms with Gasteiger partial charge < -0.3 is 15.4 Å². The normalized spacial score (nSPS) is 10.2. The second kappa shape index (κ2) is 10.1. The number of ether oxygens (including phenoxy) is 1. The van der Waals surface area contributed by atoms with Crippen molar-refractivity contribution in [2.45, 2.75) is 19.8 Å². The summed E-state index contributed by atoms with van der Waals surface area (Å²) in [6.45, 7) is 1.90. The van der Waals surface area contributed by atoms with E-state index in [-0.39, 0.29) is 18.4 Å². The Morgan fingerprint density at radius 3 is 2.10 bits per heavy atom. The Labute approximate surface area is 170 Å². The van der Waals surface area contributed by atoms with Crippen molar-refractivity contribution in [2.75, 3.05) is 17.2 Å². The molecule has 0 unspecified atom stereocenters. The molecular formula is C24H24N2O3. The van der Waals surface area contributed by atoms with E-state index in [0.29, 0.717) is 30.0 Å². The Morgan fingerprint density at radius 2 is 1.45 bits per heavy atom. The monoisotopic (exact) mass is 388 g/mol. The lowest BCUT2D eigenvalue weighted by atomic mass is 10.1. The van der Waals surface area contributed by atoms with Crippen molar-refractivity contribution in [1.82, 2.24) is 0 Å². The summed E-state index contributed by atoms with van der Waals surface area (Å²) in [6, 6.07) is 24.5. The number of hydrogen-bond donors (Lipinski definition) is 2. The van der Waals surface area contributed by atoms with E-state index in [4.69, 9.17) is 4.74 Å². The average molecular weight is 388 g/mol. The quantitative estimate of drug-likeness (QED) is 0.593. The summed E-state index contributed by atoms with van der Waals surface area (Å²) in [6.07, 6.45) is 1.11. The Kier molecular flexibility index (Phi) is 7.00. The number of carbonyl (C=O) groups excluding carboxylic acids is 2. The van der Waals surface area contributed by atoms with Crippen molar-refractivity contribution in [3.63, 3.8) is 0 Å². The zero-order chi connectivity index (χ0) is 20.5. The van der Waals surface area contributed by atoms with Gasteiger partial charge in [-0.2, -0.15) is 0 Å². The smallest absolute Gasteiger partial charge is 0.262 e. The van der Waals surface area contributed by atoms with Crippen LogP contribution < -0.4 is 15.4 Å². The van der Waals surface area contributed by atoms with Gasteiger partial charge in [-0.3, -0.25) is 9.59 Å². The summed E-state index contributed by atoms with van der Waals surface area (Å²) in [5.41, 5.74) is 3.54. The molecule has 0 aromatic heterocycles. The molecule has 0 aliphatic carbocycles. The van der Waals surface area contributed by atoms with Crippen LogP contribution in [0.4, 0.5) is 11.4 Å². The third-order valence-electron chi connectivity index (χ3n) is 4.30. The lowest BCUT2D eigenvalue weighted by Crippen LogP contribution is -2.20. The zero-order valence-electron chi connectivity index (χ0n) is 16.4. The molecular weight excluding hydrogens is 364 g/mol. The number of nitrogens with one attached hydrogen (secondary N) is 2. The second-order valence-electron chi connectivity index (χ2n) is 6.76. The van der Waals surface area contributed by atoms with Gasteiger partial charge in [-0.15, -0.1) is 0 Å². The van der Waals surface area contributed by atoms with Gasteiger partial charge in [-0.1, -0.05) is 42.5 Å². The molecule has 2 amide bonds. The predicted octanol–water partition coefficient (Wildman–Crippen LogP) is 4.58. The molecule has 0 bridgehead atoms. The standard InChI is InChI=1S/C24H24N2O3/c1-18-6-5-9-22(16-18)29-17-24(28)26-21-13-11-20(12-14-21)25-23(27)15-10-19-7-3-2-4-8-19/h2-9,11-14,16H,10,15,17H2,1H3,(H,25,27)(H,26,28). The van der Waals surface area contributed by atoms with Crippen molar-refractivity contribution in [3.8, 4) is 5.75 Å². The van der Waals surface area contributed by atoms with Crippen molar-refractivity contribution in [1.29, 1.82) is 0 Å². The Morgan fingerprint density at radius 1 is 0.793 bits per heavy atom. The molecule has 2 N–H and O–H groups in total. The molecule has 0 heterocycles. The molecule has 0 aliphatic heterocycles. The predicted molar refractivity (Wildman–Crippen MR) is 115 cm³/mol. The van der Waals surface area contributed by atoms with E-state index in [1.165, 1.54) is 0 Å².